The molecular weight excluding hydrogens is 248 g/mol. The van der Waals surface area contributed by atoms with E-state index in [0.29, 0.717) is 6.04 Å². The van der Waals surface area contributed by atoms with Crippen molar-refractivity contribution in [3.63, 3.8) is 0 Å². The van der Waals surface area contributed by atoms with Crippen molar-refractivity contribution in [2.24, 2.45) is 0 Å². The predicted octanol–water partition coefficient (Wildman–Crippen LogP) is 1.97. The molecule has 14 heavy (non-hydrogen) atoms. The van der Waals surface area contributed by atoms with Gasteiger partial charge in [-0.1, -0.05) is 0 Å². The van der Waals surface area contributed by atoms with E-state index in [1.54, 1.807) is 20.4 Å². The van der Waals surface area contributed by atoms with E-state index in [-0.39, 0.29) is 5.79 Å². The maximum absolute atomic E-state index is 5.31. The molecule has 78 valence electrons. The van der Waals surface area contributed by atoms with Crippen LogP contribution in [0.5, 0.6) is 0 Å². The third kappa shape index (κ3) is 1.60. The average Bonchev–Trinajstić information content (AvgIpc) is 2.52. The van der Waals surface area contributed by atoms with Gasteiger partial charge in [-0.3, -0.25) is 4.68 Å². The van der Waals surface area contributed by atoms with Gasteiger partial charge in [0.05, 0.1) is 16.7 Å². The van der Waals surface area contributed by atoms with E-state index in [2.05, 4.69) is 21.0 Å². The molecule has 1 aliphatic rings. The van der Waals surface area contributed by atoms with Gasteiger partial charge in [-0.25, -0.2) is 0 Å². The molecule has 1 saturated carbocycles. The summed E-state index contributed by atoms with van der Waals surface area (Å²) in [4.78, 5) is 0. The zero-order valence-electron chi connectivity index (χ0n) is 8.24. The number of hydrogen-bond acceptors (Lipinski definition) is 3. The lowest BCUT2D eigenvalue weighted by molar-refractivity contribution is -0.267. The lowest BCUT2D eigenvalue weighted by Gasteiger charge is -2.44. The first-order chi connectivity index (χ1) is 6.69. The number of nitrogens with zero attached hydrogens (tertiary/aromatic N) is 2. The number of ether oxygens (including phenoxy) is 2. The second kappa shape index (κ2) is 3.64. The Morgan fingerprint density at radius 3 is 2.57 bits per heavy atom. The van der Waals surface area contributed by atoms with Gasteiger partial charge < -0.3 is 9.47 Å². The Bertz CT molecular complexity index is 314. The SMILES string of the molecule is COC1(OC)CC(n2cc(Br)cn2)C1. The first-order valence-electron chi connectivity index (χ1n) is 4.49. The molecule has 0 saturated heterocycles. The van der Waals surface area contributed by atoms with Gasteiger partial charge in [0.15, 0.2) is 5.79 Å². The van der Waals surface area contributed by atoms with Crippen molar-refractivity contribution in [1.82, 2.24) is 9.78 Å². The summed E-state index contributed by atoms with van der Waals surface area (Å²) in [7, 11) is 3.36. The largest absolute Gasteiger partial charge is 0.353 e. The number of rotatable bonds is 3. The Morgan fingerprint density at radius 1 is 1.50 bits per heavy atom. The molecule has 0 unspecified atom stereocenters. The summed E-state index contributed by atoms with van der Waals surface area (Å²) >= 11 is 3.37. The Labute approximate surface area is 91.3 Å². The van der Waals surface area contributed by atoms with Crippen LogP contribution in [0.25, 0.3) is 0 Å². The molecule has 1 aromatic heterocycles. The van der Waals surface area contributed by atoms with Crippen LogP contribution in [0.15, 0.2) is 16.9 Å². The van der Waals surface area contributed by atoms with Crippen LogP contribution >= 0.6 is 15.9 Å². The molecule has 0 spiro atoms. The van der Waals surface area contributed by atoms with Gasteiger partial charge in [-0.2, -0.15) is 5.10 Å². The van der Waals surface area contributed by atoms with Crippen molar-refractivity contribution in [2.45, 2.75) is 24.7 Å². The zero-order chi connectivity index (χ0) is 10.2. The molecule has 0 aliphatic heterocycles. The molecule has 4 nitrogen and oxygen atoms in total. The molecule has 0 N–H and O–H groups in total. The van der Waals surface area contributed by atoms with Gasteiger partial charge in [-0.15, -0.1) is 0 Å². The molecule has 2 rings (SSSR count). The molecule has 1 aromatic rings. The maximum Gasteiger partial charge on any atom is 0.171 e. The second-order valence-electron chi connectivity index (χ2n) is 3.52. The third-order valence-electron chi connectivity index (χ3n) is 2.78. The van der Waals surface area contributed by atoms with Crippen LogP contribution in [0.4, 0.5) is 0 Å². The van der Waals surface area contributed by atoms with E-state index in [9.17, 15) is 0 Å². The van der Waals surface area contributed by atoms with Crippen molar-refractivity contribution in [2.75, 3.05) is 14.2 Å². The van der Waals surface area contributed by atoms with Crippen molar-refractivity contribution in [3.8, 4) is 0 Å². The monoisotopic (exact) mass is 260 g/mol. The summed E-state index contributed by atoms with van der Waals surface area (Å²) < 4.78 is 13.6. The van der Waals surface area contributed by atoms with Crippen LogP contribution in [-0.4, -0.2) is 29.8 Å². The van der Waals surface area contributed by atoms with Gasteiger partial charge in [0.25, 0.3) is 0 Å². The van der Waals surface area contributed by atoms with Gasteiger partial charge in [-0.05, 0) is 15.9 Å². The maximum atomic E-state index is 5.31. The van der Waals surface area contributed by atoms with Crippen LogP contribution in [0.3, 0.4) is 0 Å². The molecular formula is C9H13BrN2O2. The zero-order valence-corrected chi connectivity index (χ0v) is 9.82. The highest BCUT2D eigenvalue weighted by molar-refractivity contribution is 9.10. The van der Waals surface area contributed by atoms with E-state index >= 15 is 0 Å². The Balaban J connectivity index is 2.00. The fourth-order valence-corrected chi connectivity index (χ4v) is 2.08. The minimum atomic E-state index is -0.386. The Kier molecular flexibility index (Phi) is 2.64. The topological polar surface area (TPSA) is 36.3 Å². The predicted molar refractivity (Wildman–Crippen MR) is 54.9 cm³/mol. The molecule has 0 radical (unpaired) electrons. The number of hydrogen-bond donors (Lipinski definition) is 0. The quantitative estimate of drug-likeness (QED) is 0.780. The molecule has 0 aromatic carbocycles. The lowest BCUT2D eigenvalue weighted by atomic mass is 9.85. The summed E-state index contributed by atoms with van der Waals surface area (Å²) in [6.45, 7) is 0. The van der Waals surface area contributed by atoms with Crippen molar-refractivity contribution in [1.29, 1.82) is 0 Å². The van der Waals surface area contributed by atoms with Crippen LogP contribution in [-0.2, 0) is 9.47 Å². The van der Waals surface area contributed by atoms with Gasteiger partial charge in [0.1, 0.15) is 0 Å². The van der Waals surface area contributed by atoms with Gasteiger partial charge in [0.2, 0.25) is 0 Å². The minimum absolute atomic E-state index is 0.386. The first-order valence-corrected chi connectivity index (χ1v) is 5.28. The standard InChI is InChI=1S/C9H13BrN2O2/c1-13-9(14-2)3-8(4-9)12-6-7(10)5-11-12/h5-6,8H,3-4H2,1-2H3. The van der Waals surface area contributed by atoms with E-state index in [1.165, 1.54) is 0 Å². The molecule has 1 aliphatic carbocycles. The van der Waals surface area contributed by atoms with Gasteiger partial charge >= 0.3 is 0 Å². The summed E-state index contributed by atoms with van der Waals surface area (Å²) in [5.74, 6) is -0.386. The highest BCUT2D eigenvalue weighted by atomic mass is 79.9. The fraction of sp³-hybridized carbons (Fsp3) is 0.667. The Morgan fingerprint density at radius 2 is 2.14 bits per heavy atom. The normalized spacial score (nSPS) is 20.8. The molecule has 5 heteroatoms. The number of methoxy groups -OCH3 is 2. The van der Waals surface area contributed by atoms with E-state index in [1.807, 2.05) is 10.9 Å². The minimum Gasteiger partial charge on any atom is -0.353 e. The summed E-state index contributed by atoms with van der Waals surface area (Å²) in [5.41, 5.74) is 0. The van der Waals surface area contributed by atoms with Gasteiger partial charge in [0, 0.05) is 33.3 Å². The smallest absolute Gasteiger partial charge is 0.171 e. The molecule has 0 atom stereocenters. The van der Waals surface area contributed by atoms with Crippen LogP contribution < -0.4 is 0 Å². The molecule has 1 heterocycles. The van der Waals surface area contributed by atoms with Crippen molar-refractivity contribution in [3.05, 3.63) is 16.9 Å². The van der Waals surface area contributed by atoms with Crippen LogP contribution in [0, 0.1) is 0 Å². The van der Waals surface area contributed by atoms with Crippen LogP contribution in [0.1, 0.15) is 18.9 Å². The van der Waals surface area contributed by atoms with E-state index in [4.69, 9.17) is 9.47 Å². The van der Waals surface area contributed by atoms with Crippen molar-refractivity contribution < 1.29 is 9.47 Å². The van der Waals surface area contributed by atoms with Crippen molar-refractivity contribution >= 4 is 15.9 Å². The summed E-state index contributed by atoms with van der Waals surface area (Å²) in [6.07, 6.45) is 5.47. The summed E-state index contributed by atoms with van der Waals surface area (Å²) in [5, 5.41) is 4.23. The third-order valence-corrected chi connectivity index (χ3v) is 3.19. The first kappa shape index (κ1) is 10.1. The van der Waals surface area contributed by atoms with E-state index in [0.717, 1.165) is 17.3 Å². The highest BCUT2D eigenvalue weighted by Crippen LogP contribution is 2.43. The summed E-state index contributed by atoms with van der Waals surface area (Å²) in [6, 6.07) is 0.390. The molecule has 0 amide bonds. The average molecular weight is 261 g/mol. The Hall–Kier alpha value is -0.390. The highest BCUT2D eigenvalue weighted by Gasteiger charge is 2.46. The number of aromatic nitrogens is 2. The number of halogens is 1. The second-order valence-corrected chi connectivity index (χ2v) is 4.44. The van der Waals surface area contributed by atoms with Crippen LogP contribution in [0.2, 0.25) is 0 Å². The fourth-order valence-electron chi connectivity index (χ4n) is 1.78. The molecule has 0 bridgehead atoms. The van der Waals surface area contributed by atoms with E-state index < -0.39 is 0 Å². The molecule has 1 fully saturated rings. The lowest BCUT2D eigenvalue weighted by Crippen LogP contribution is -2.48.